The summed E-state index contributed by atoms with van der Waals surface area (Å²) in [7, 11) is 0. The molecule has 2 unspecified atom stereocenters. The Balaban J connectivity index is 2.61. The number of thioether (sulfide) groups is 1. The van der Waals surface area contributed by atoms with E-state index in [0.717, 1.165) is 5.69 Å². The van der Waals surface area contributed by atoms with E-state index in [1.165, 1.54) is 22.6 Å². The molecular weight excluding hydrogens is 226 g/mol. The first-order valence-electron chi connectivity index (χ1n) is 6.29. The van der Waals surface area contributed by atoms with E-state index in [0.29, 0.717) is 5.92 Å². The Morgan fingerprint density at radius 2 is 2.29 bits per heavy atom. The second-order valence-corrected chi connectivity index (χ2v) is 5.98. The number of rotatable bonds is 2. The average Bonchev–Trinajstić information content (AvgIpc) is 2.29. The van der Waals surface area contributed by atoms with Crippen LogP contribution in [0, 0.1) is 5.92 Å². The van der Waals surface area contributed by atoms with Crippen molar-refractivity contribution in [2.45, 2.75) is 37.5 Å². The summed E-state index contributed by atoms with van der Waals surface area (Å²) in [4.78, 5) is 1.36. The fourth-order valence-electron chi connectivity index (χ4n) is 2.92. The van der Waals surface area contributed by atoms with Crippen molar-refractivity contribution >= 4 is 17.4 Å². The van der Waals surface area contributed by atoms with Gasteiger partial charge in [-0.2, -0.15) is 0 Å². The van der Waals surface area contributed by atoms with Crippen LogP contribution in [0.2, 0.25) is 0 Å². The van der Waals surface area contributed by atoms with Crippen molar-refractivity contribution in [3.05, 3.63) is 35.9 Å². The molecule has 2 rings (SSSR count). The molecule has 0 aromatic heterocycles. The molecule has 92 valence electrons. The maximum absolute atomic E-state index is 6.22. The van der Waals surface area contributed by atoms with Gasteiger partial charge < -0.3 is 5.73 Å². The summed E-state index contributed by atoms with van der Waals surface area (Å²) >= 11 is 1.95. The average molecular weight is 247 g/mol. The molecule has 0 saturated carbocycles. The van der Waals surface area contributed by atoms with Crippen LogP contribution in [0.1, 0.15) is 32.8 Å². The van der Waals surface area contributed by atoms with Crippen molar-refractivity contribution in [1.82, 2.24) is 0 Å². The normalized spacial score (nSPS) is 28.3. The molecule has 1 aliphatic rings. The standard InChI is InChI=1S/C15H21NS/c1-4-9-15(3)11(5-2)10-17-13-8-6-7-12(16)14(13)15/h4,6-9,11H,5,10,16H2,1-3H3/b9-4-. The molecule has 0 spiro atoms. The van der Waals surface area contributed by atoms with E-state index in [-0.39, 0.29) is 5.41 Å². The highest BCUT2D eigenvalue weighted by Gasteiger charge is 2.39. The molecule has 2 N–H and O–H groups in total. The van der Waals surface area contributed by atoms with Gasteiger partial charge in [-0.05, 0) is 30.5 Å². The van der Waals surface area contributed by atoms with Gasteiger partial charge >= 0.3 is 0 Å². The summed E-state index contributed by atoms with van der Waals surface area (Å²) in [5.74, 6) is 1.86. The number of anilines is 1. The Morgan fingerprint density at radius 3 is 2.94 bits per heavy atom. The largest absolute Gasteiger partial charge is 0.398 e. The smallest absolute Gasteiger partial charge is 0.0366 e. The lowest BCUT2D eigenvalue weighted by atomic mass is 9.70. The van der Waals surface area contributed by atoms with Crippen molar-refractivity contribution in [2.75, 3.05) is 11.5 Å². The quantitative estimate of drug-likeness (QED) is 0.625. The Bertz CT molecular complexity index is 439. The van der Waals surface area contributed by atoms with Crippen LogP contribution in [0.15, 0.2) is 35.2 Å². The molecule has 17 heavy (non-hydrogen) atoms. The topological polar surface area (TPSA) is 26.0 Å². The monoisotopic (exact) mass is 247 g/mol. The zero-order valence-electron chi connectivity index (χ0n) is 10.9. The first kappa shape index (κ1) is 12.6. The van der Waals surface area contributed by atoms with Gasteiger partial charge in [0.1, 0.15) is 0 Å². The number of hydrogen-bond donors (Lipinski definition) is 1. The van der Waals surface area contributed by atoms with Crippen LogP contribution in [0.3, 0.4) is 0 Å². The molecule has 2 atom stereocenters. The van der Waals surface area contributed by atoms with E-state index in [2.05, 4.69) is 45.1 Å². The molecule has 0 amide bonds. The van der Waals surface area contributed by atoms with Gasteiger partial charge in [-0.15, -0.1) is 11.8 Å². The molecular formula is C15H21NS. The third-order valence-corrected chi connectivity index (χ3v) is 5.11. The molecule has 0 saturated heterocycles. The minimum absolute atomic E-state index is 0.0927. The summed E-state index contributed by atoms with van der Waals surface area (Å²) in [6, 6.07) is 6.28. The van der Waals surface area contributed by atoms with Gasteiger partial charge in [-0.3, -0.25) is 0 Å². The molecule has 1 heterocycles. The van der Waals surface area contributed by atoms with E-state index in [4.69, 9.17) is 5.73 Å². The molecule has 0 fully saturated rings. The zero-order valence-corrected chi connectivity index (χ0v) is 11.7. The fraction of sp³-hybridized carbons (Fsp3) is 0.467. The summed E-state index contributed by atoms with van der Waals surface area (Å²) in [5, 5.41) is 0. The SMILES string of the molecule is C/C=C\C1(C)c2c(N)cccc2SCC1CC. The number of allylic oxidation sites excluding steroid dienone is 2. The zero-order chi connectivity index (χ0) is 12.5. The highest BCUT2D eigenvalue weighted by molar-refractivity contribution is 7.99. The van der Waals surface area contributed by atoms with Crippen LogP contribution in [-0.4, -0.2) is 5.75 Å². The van der Waals surface area contributed by atoms with Crippen molar-refractivity contribution in [3.8, 4) is 0 Å². The third-order valence-electron chi connectivity index (χ3n) is 3.89. The Hall–Kier alpha value is -0.890. The van der Waals surface area contributed by atoms with Gasteiger partial charge in [0.15, 0.2) is 0 Å². The van der Waals surface area contributed by atoms with Crippen LogP contribution < -0.4 is 5.73 Å². The van der Waals surface area contributed by atoms with Crippen LogP contribution in [0.5, 0.6) is 0 Å². The maximum Gasteiger partial charge on any atom is 0.0366 e. The van der Waals surface area contributed by atoms with E-state index < -0.39 is 0 Å². The number of nitrogens with two attached hydrogens (primary N) is 1. The van der Waals surface area contributed by atoms with Crippen molar-refractivity contribution in [2.24, 2.45) is 5.92 Å². The molecule has 0 radical (unpaired) electrons. The van der Waals surface area contributed by atoms with Crippen LogP contribution in [0.4, 0.5) is 5.69 Å². The minimum atomic E-state index is 0.0927. The van der Waals surface area contributed by atoms with Gasteiger partial charge in [-0.1, -0.05) is 38.5 Å². The highest BCUT2D eigenvalue weighted by atomic mass is 32.2. The molecule has 1 nitrogen and oxygen atoms in total. The number of nitrogen functional groups attached to an aromatic ring is 1. The van der Waals surface area contributed by atoms with Crippen LogP contribution >= 0.6 is 11.8 Å². The number of fused-ring (bicyclic) bond motifs is 1. The van der Waals surface area contributed by atoms with Gasteiger partial charge in [0.2, 0.25) is 0 Å². The van der Waals surface area contributed by atoms with Gasteiger partial charge in [0.05, 0.1) is 0 Å². The molecule has 0 bridgehead atoms. The first-order valence-corrected chi connectivity index (χ1v) is 7.27. The van der Waals surface area contributed by atoms with Crippen molar-refractivity contribution in [3.63, 3.8) is 0 Å². The first-order chi connectivity index (χ1) is 8.13. The van der Waals surface area contributed by atoms with Crippen LogP contribution in [-0.2, 0) is 5.41 Å². The van der Waals surface area contributed by atoms with Crippen molar-refractivity contribution in [1.29, 1.82) is 0 Å². The summed E-state index contributed by atoms with van der Waals surface area (Å²) < 4.78 is 0. The lowest BCUT2D eigenvalue weighted by Crippen LogP contribution is -2.35. The Morgan fingerprint density at radius 1 is 1.53 bits per heavy atom. The molecule has 1 aromatic carbocycles. The summed E-state index contributed by atoms with van der Waals surface area (Å²) in [6.07, 6.45) is 5.69. The van der Waals surface area contributed by atoms with Gasteiger partial charge in [0.25, 0.3) is 0 Å². The molecule has 0 aliphatic carbocycles. The fourth-order valence-corrected chi connectivity index (χ4v) is 4.54. The predicted molar refractivity (Wildman–Crippen MR) is 77.5 cm³/mol. The number of benzene rings is 1. The van der Waals surface area contributed by atoms with Gasteiger partial charge in [-0.25, -0.2) is 0 Å². The lowest BCUT2D eigenvalue weighted by molar-refractivity contribution is 0.372. The van der Waals surface area contributed by atoms with E-state index >= 15 is 0 Å². The third kappa shape index (κ3) is 1.99. The second-order valence-electron chi connectivity index (χ2n) is 4.92. The van der Waals surface area contributed by atoms with Crippen molar-refractivity contribution < 1.29 is 0 Å². The maximum atomic E-state index is 6.22. The highest BCUT2D eigenvalue weighted by Crippen LogP contribution is 2.49. The summed E-state index contributed by atoms with van der Waals surface area (Å²) in [5.41, 5.74) is 8.58. The predicted octanol–water partition coefficient (Wildman–Crippen LogP) is 4.23. The van der Waals surface area contributed by atoms with Gasteiger partial charge in [0, 0.05) is 21.8 Å². The number of hydrogen-bond acceptors (Lipinski definition) is 2. The van der Waals surface area contributed by atoms with E-state index in [1.807, 2.05) is 17.8 Å². The Labute approximate surface area is 108 Å². The minimum Gasteiger partial charge on any atom is -0.398 e. The van der Waals surface area contributed by atoms with E-state index in [9.17, 15) is 0 Å². The molecule has 1 aliphatic heterocycles. The Kier molecular flexibility index (Phi) is 3.53. The summed E-state index contributed by atoms with van der Waals surface area (Å²) in [6.45, 7) is 6.70. The molecule has 1 aromatic rings. The lowest BCUT2D eigenvalue weighted by Gasteiger charge is -2.41. The molecule has 2 heteroatoms. The van der Waals surface area contributed by atoms with E-state index in [1.54, 1.807) is 0 Å². The van der Waals surface area contributed by atoms with Crippen LogP contribution in [0.25, 0.3) is 0 Å². The second kappa shape index (κ2) is 4.77.